The van der Waals surface area contributed by atoms with E-state index in [2.05, 4.69) is 5.32 Å². The van der Waals surface area contributed by atoms with Gasteiger partial charge in [0.15, 0.2) is 11.5 Å². The summed E-state index contributed by atoms with van der Waals surface area (Å²) in [5.74, 6) is -0.245. The van der Waals surface area contributed by atoms with E-state index in [0.717, 1.165) is 4.31 Å². The van der Waals surface area contributed by atoms with Gasteiger partial charge in [-0.2, -0.15) is 0 Å². The number of benzene rings is 2. The molecule has 2 aromatic carbocycles. The Kier molecular flexibility index (Phi) is 10.1. The summed E-state index contributed by atoms with van der Waals surface area (Å²) in [5, 5.41) is 3.70. The topological polar surface area (TPSA) is 105 Å². The average molecular weight is 587 g/mol. The molecular formula is C26H33Cl2N3O6S. The van der Waals surface area contributed by atoms with Crippen LogP contribution in [0.5, 0.6) is 11.5 Å². The van der Waals surface area contributed by atoms with E-state index in [0.29, 0.717) is 39.9 Å². The van der Waals surface area contributed by atoms with Gasteiger partial charge in [-0.05, 0) is 56.5 Å². The van der Waals surface area contributed by atoms with Crippen LogP contribution in [0.2, 0.25) is 10.0 Å². The van der Waals surface area contributed by atoms with Crippen LogP contribution in [-0.4, -0.2) is 56.3 Å². The van der Waals surface area contributed by atoms with E-state index in [9.17, 15) is 18.0 Å². The molecule has 0 saturated heterocycles. The van der Waals surface area contributed by atoms with Crippen molar-refractivity contribution in [1.29, 1.82) is 0 Å². The summed E-state index contributed by atoms with van der Waals surface area (Å²) < 4.78 is 38.0. The summed E-state index contributed by atoms with van der Waals surface area (Å²) in [7, 11) is -3.88. The minimum absolute atomic E-state index is 0.0115. The van der Waals surface area contributed by atoms with Gasteiger partial charge in [-0.25, -0.2) is 8.42 Å². The highest BCUT2D eigenvalue weighted by molar-refractivity contribution is 7.92. The summed E-state index contributed by atoms with van der Waals surface area (Å²) in [4.78, 5) is 28.5. The zero-order valence-corrected chi connectivity index (χ0v) is 24.2. The molecule has 38 heavy (non-hydrogen) atoms. The quantitative estimate of drug-likeness (QED) is 0.390. The standard InChI is InChI=1S/C26H33Cl2N3O6S/c1-5-17(4)29-26(33)22(6-2)30(14-18-8-9-19(27)12-21(18)28)25(32)15-31(38(34,35)7-3)20-10-11-23-24(13-20)37-16-36-23/h8-13,17,22H,5-7,14-16H2,1-4H3,(H,29,33). The van der Waals surface area contributed by atoms with Gasteiger partial charge in [-0.3, -0.25) is 13.9 Å². The van der Waals surface area contributed by atoms with Gasteiger partial charge in [0.2, 0.25) is 28.6 Å². The molecule has 3 rings (SSSR count). The third-order valence-corrected chi connectivity index (χ3v) is 8.69. The maximum absolute atomic E-state index is 13.9. The number of sulfonamides is 1. The van der Waals surface area contributed by atoms with Crippen LogP contribution in [0, 0.1) is 0 Å². The fourth-order valence-corrected chi connectivity index (χ4v) is 5.48. The number of anilines is 1. The molecule has 2 atom stereocenters. The molecule has 208 valence electrons. The van der Waals surface area contributed by atoms with Gasteiger partial charge in [-0.1, -0.05) is 43.1 Å². The second kappa shape index (κ2) is 12.9. The first-order valence-electron chi connectivity index (χ1n) is 12.4. The first-order chi connectivity index (χ1) is 18.0. The lowest BCUT2D eigenvalue weighted by Crippen LogP contribution is -2.53. The number of rotatable bonds is 12. The highest BCUT2D eigenvalue weighted by Gasteiger charge is 2.33. The van der Waals surface area contributed by atoms with Crippen LogP contribution >= 0.6 is 23.2 Å². The van der Waals surface area contributed by atoms with Gasteiger partial charge in [0.25, 0.3) is 0 Å². The highest BCUT2D eigenvalue weighted by atomic mass is 35.5. The smallest absolute Gasteiger partial charge is 0.244 e. The Hall–Kier alpha value is -2.69. The maximum Gasteiger partial charge on any atom is 0.244 e. The number of halogens is 2. The van der Waals surface area contributed by atoms with E-state index in [4.69, 9.17) is 32.7 Å². The molecule has 2 unspecified atom stereocenters. The molecule has 9 nitrogen and oxygen atoms in total. The van der Waals surface area contributed by atoms with Crippen LogP contribution in [-0.2, 0) is 26.2 Å². The van der Waals surface area contributed by atoms with Crippen molar-refractivity contribution in [2.24, 2.45) is 0 Å². The van der Waals surface area contributed by atoms with Crippen molar-refractivity contribution in [2.45, 2.75) is 59.2 Å². The Bertz CT molecular complexity index is 1270. The molecule has 0 radical (unpaired) electrons. The van der Waals surface area contributed by atoms with E-state index in [1.807, 2.05) is 13.8 Å². The van der Waals surface area contributed by atoms with Crippen molar-refractivity contribution >= 4 is 50.7 Å². The predicted octanol–water partition coefficient (Wildman–Crippen LogP) is 4.60. The summed E-state index contributed by atoms with van der Waals surface area (Å²) in [5.41, 5.74) is 0.832. The highest BCUT2D eigenvalue weighted by Crippen LogP contribution is 2.36. The Morgan fingerprint density at radius 2 is 1.74 bits per heavy atom. The molecule has 12 heteroatoms. The molecule has 0 bridgehead atoms. The molecule has 1 N–H and O–H groups in total. The molecule has 0 spiro atoms. The molecule has 0 saturated carbocycles. The van der Waals surface area contributed by atoms with Gasteiger partial charge >= 0.3 is 0 Å². The molecule has 0 aliphatic carbocycles. The zero-order valence-electron chi connectivity index (χ0n) is 21.9. The van der Waals surface area contributed by atoms with Crippen molar-refractivity contribution in [1.82, 2.24) is 10.2 Å². The lowest BCUT2D eigenvalue weighted by atomic mass is 10.1. The Morgan fingerprint density at radius 1 is 1.03 bits per heavy atom. The van der Waals surface area contributed by atoms with E-state index >= 15 is 0 Å². The lowest BCUT2D eigenvalue weighted by molar-refractivity contribution is -0.140. The van der Waals surface area contributed by atoms with E-state index < -0.39 is 28.5 Å². The molecule has 1 aliphatic heterocycles. The van der Waals surface area contributed by atoms with Crippen LogP contribution in [0.25, 0.3) is 0 Å². The molecule has 1 heterocycles. The second-order valence-electron chi connectivity index (χ2n) is 8.94. The zero-order chi connectivity index (χ0) is 28.0. The third kappa shape index (κ3) is 7.03. The minimum Gasteiger partial charge on any atom is -0.454 e. The molecule has 0 aromatic heterocycles. The van der Waals surface area contributed by atoms with Crippen molar-refractivity contribution in [3.8, 4) is 11.5 Å². The number of hydrogen-bond acceptors (Lipinski definition) is 6. The number of ether oxygens (including phenoxy) is 2. The first-order valence-corrected chi connectivity index (χ1v) is 14.8. The first kappa shape index (κ1) is 29.9. The molecule has 2 amide bonds. The average Bonchev–Trinajstić information content (AvgIpc) is 3.36. The van der Waals surface area contributed by atoms with Crippen LogP contribution < -0.4 is 19.1 Å². The summed E-state index contributed by atoms with van der Waals surface area (Å²) in [6, 6.07) is 8.61. The van der Waals surface area contributed by atoms with Crippen molar-refractivity contribution in [2.75, 3.05) is 23.4 Å². The third-order valence-electron chi connectivity index (χ3n) is 6.37. The van der Waals surface area contributed by atoms with Crippen molar-refractivity contribution in [3.63, 3.8) is 0 Å². The molecule has 0 fully saturated rings. The number of carbonyl (C=O) groups excluding carboxylic acids is 2. The summed E-state index contributed by atoms with van der Waals surface area (Å²) in [6.45, 7) is 6.61. The summed E-state index contributed by atoms with van der Waals surface area (Å²) >= 11 is 12.5. The second-order valence-corrected chi connectivity index (χ2v) is 12.0. The fourth-order valence-electron chi connectivity index (χ4n) is 3.95. The number of carbonyl (C=O) groups is 2. The fraction of sp³-hybridized carbons (Fsp3) is 0.462. The number of hydrogen-bond donors (Lipinski definition) is 1. The largest absolute Gasteiger partial charge is 0.454 e. The van der Waals surface area contributed by atoms with Crippen molar-refractivity contribution in [3.05, 3.63) is 52.0 Å². The van der Waals surface area contributed by atoms with Gasteiger partial charge < -0.3 is 19.7 Å². The monoisotopic (exact) mass is 585 g/mol. The van der Waals surface area contributed by atoms with E-state index in [1.165, 1.54) is 17.9 Å². The van der Waals surface area contributed by atoms with Crippen LogP contribution in [0.1, 0.15) is 46.1 Å². The number of nitrogens with one attached hydrogen (secondary N) is 1. The number of amides is 2. The molecule has 2 aromatic rings. The van der Waals surface area contributed by atoms with Gasteiger partial charge in [0.1, 0.15) is 12.6 Å². The van der Waals surface area contributed by atoms with Gasteiger partial charge in [0, 0.05) is 28.7 Å². The Balaban J connectivity index is 2.00. The van der Waals surface area contributed by atoms with Crippen LogP contribution in [0.4, 0.5) is 5.69 Å². The van der Waals surface area contributed by atoms with Gasteiger partial charge in [-0.15, -0.1) is 0 Å². The number of fused-ring (bicyclic) bond motifs is 1. The molecular weight excluding hydrogens is 553 g/mol. The van der Waals surface area contributed by atoms with E-state index in [1.54, 1.807) is 37.3 Å². The van der Waals surface area contributed by atoms with Crippen LogP contribution in [0.15, 0.2) is 36.4 Å². The lowest BCUT2D eigenvalue weighted by Gasteiger charge is -2.33. The van der Waals surface area contributed by atoms with E-state index in [-0.39, 0.29) is 36.7 Å². The molecule has 1 aliphatic rings. The number of nitrogens with zero attached hydrogens (tertiary/aromatic N) is 2. The Labute approximate surface area is 234 Å². The van der Waals surface area contributed by atoms with Crippen LogP contribution in [0.3, 0.4) is 0 Å². The Morgan fingerprint density at radius 3 is 2.37 bits per heavy atom. The maximum atomic E-state index is 13.9. The summed E-state index contributed by atoms with van der Waals surface area (Å²) in [6.07, 6.45) is 1.02. The minimum atomic E-state index is -3.88. The normalized spacial score (nSPS) is 14.1. The predicted molar refractivity (Wildman–Crippen MR) is 148 cm³/mol. The van der Waals surface area contributed by atoms with Crippen molar-refractivity contribution < 1.29 is 27.5 Å². The van der Waals surface area contributed by atoms with Gasteiger partial charge in [0.05, 0.1) is 11.4 Å². The SMILES string of the molecule is CCC(C)NC(=O)C(CC)N(Cc1ccc(Cl)cc1Cl)C(=O)CN(c1ccc2c(c1)OCO2)S(=O)(=O)CC.